The number of fused-ring (bicyclic) bond motifs is 6. The highest BCUT2D eigenvalue weighted by molar-refractivity contribution is 6.12. The summed E-state index contributed by atoms with van der Waals surface area (Å²) in [5, 5.41) is 6.47. The first-order valence-electron chi connectivity index (χ1n) is 10.2. The highest BCUT2D eigenvalue weighted by Gasteiger charge is 2.47. The van der Waals surface area contributed by atoms with Crippen LogP contribution in [0.5, 0.6) is 5.75 Å². The lowest BCUT2D eigenvalue weighted by atomic mass is 9.79. The molecule has 0 atom stereocenters. The highest BCUT2D eigenvalue weighted by atomic mass is 16.5. The maximum atomic E-state index is 6.39. The van der Waals surface area contributed by atoms with Crippen LogP contribution < -0.4 is 9.30 Å². The van der Waals surface area contributed by atoms with Gasteiger partial charge in [-0.05, 0) is 45.3 Å². The van der Waals surface area contributed by atoms with E-state index in [2.05, 4.69) is 91.2 Å². The average Bonchev–Trinajstić information content (AvgIpc) is 2.99. The smallest absolute Gasteiger partial charge is 0.293 e. The Hall–Kier alpha value is -3.39. The summed E-state index contributed by atoms with van der Waals surface area (Å²) in [5.41, 5.74) is 6.57. The van der Waals surface area contributed by atoms with Crippen molar-refractivity contribution >= 4 is 32.4 Å². The largest absolute Gasteiger partial charge is 0.435 e. The Balaban J connectivity index is 1.72. The third kappa shape index (κ3) is 1.76. The van der Waals surface area contributed by atoms with E-state index in [0.29, 0.717) is 6.73 Å². The standard InChI is InChI=1S/C27H20NO/c1-27(2)21-13-17-8-4-6-10-22(17)28-15-29-23-14-20-18-9-5-3-7-16(18)11-12-19(20)25(27)24(23)26(21)28/h3-14H,15H2,1-2H3/q+1. The number of pyridine rings is 1. The number of rotatable bonds is 0. The molecule has 1 aliphatic carbocycles. The predicted octanol–water partition coefficient (Wildman–Crippen LogP) is 6.09. The number of hydrogen-bond acceptors (Lipinski definition) is 1. The average molecular weight is 374 g/mol. The molecule has 0 bridgehead atoms. The quantitative estimate of drug-likeness (QED) is 0.236. The van der Waals surface area contributed by atoms with Gasteiger partial charge >= 0.3 is 0 Å². The number of benzene rings is 4. The minimum atomic E-state index is -0.0825. The third-order valence-electron chi connectivity index (χ3n) is 6.95. The van der Waals surface area contributed by atoms with Gasteiger partial charge in [-0.25, -0.2) is 0 Å². The molecule has 4 aromatic carbocycles. The summed E-state index contributed by atoms with van der Waals surface area (Å²) in [6.07, 6.45) is 0. The number of ether oxygens (including phenoxy) is 1. The molecular weight excluding hydrogens is 354 g/mol. The van der Waals surface area contributed by atoms with E-state index in [0.717, 1.165) is 5.75 Å². The topological polar surface area (TPSA) is 13.1 Å². The van der Waals surface area contributed by atoms with E-state index in [9.17, 15) is 0 Å². The van der Waals surface area contributed by atoms with Crippen molar-refractivity contribution in [2.45, 2.75) is 26.0 Å². The first-order chi connectivity index (χ1) is 14.1. The molecule has 29 heavy (non-hydrogen) atoms. The van der Waals surface area contributed by atoms with Gasteiger partial charge < -0.3 is 4.74 Å². The number of nitrogens with zero attached hydrogens (tertiary/aromatic N) is 1. The summed E-state index contributed by atoms with van der Waals surface area (Å²) in [5.74, 6) is 1.02. The Bertz CT molecular complexity index is 1530. The first kappa shape index (κ1) is 15.5. The highest BCUT2D eigenvalue weighted by Crippen LogP contribution is 2.55. The Labute approximate surface area is 169 Å². The van der Waals surface area contributed by atoms with Crippen molar-refractivity contribution in [2.75, 3.05) is 0 Å². The summed E-state index contributed by atoms with van der Waals surface area (Å²) >= 11 is 0. The molecular formula is C27H20NO+. The van der Waals surface area contributed by atoms with E-state index in [1.165, 1.54) is 54.8 Å². The molecule has 0 saturated heterocycles. The van der Waals surface area contributed by atoms with Gasteiger partial charge in [0.25, 0.3) is 6.73 Å². The molecule has 0 N–H and O–H groups in total. The molecule has 0 spiro atoms. The van der Waals surface area contributed by atoms with E-state index in [1.807, 2.05) is 0 Å². The number of para-hydroxylation sites is 1. The van der Waals surface area contributed by atoms with Crippen LogP contribution in [-0.2, 0) is 12.1 Å². The molecule has 2 nitrogen and oxygen atoms in total. The molecule has 7 rings (SSSR count). The molecule has 2 aliphatic rings. The molecule has 2 heterocycles. The van der Waals surface area contributed by atoms with Crippen LogP contribution in [-0.4, -0.2) is 0 Å². The number of hydrogen-bond donors (Lipinski definition) is 0. The predicted molar refractivity (Wildman–Crippen MR) is 117 cm³/mol. The molecule has 0 radical (unpaired) electrons. The van der Waals surface area contributed by atoms with Crippen molar-refractivity contribution in [1.82, 2.24) is 0 Å². The second kappa shape index (κ2) is 4.96. The summed E-state index contributed by atoms with van der Waals surface area (Å²) in [6, 6.07) is 26.5. The number of aromatic nitrogens is 1. The van der Waals surface area contributed by atoms with Crippen LogP contribution in [0.3, 0.4) is 0 Å². The van der Waals surface area contributed by atoms with E-state index in [4.69, 9.17) is 4.74 Å². The molecule has 1 aromatic heterocycles. The van der Waals surface area contributed by atoms with Crippen molar-refractivity contribution in [2.24, 2.45) is 0 Å². The van der Waals surface area contributed by atoms with Crippen molar-refractivity contribution < 1.29 is 9.30 Å². The monoisotopic (exact) mass is 374 g/mol. The van der Waals surface area contributed by atoms with Crippen LogP contribution in [0, 0.1) is 0 Å². The van der Waals surface area contributed by atoms with Crippen LogP contribution in [0.1, 0.15) is 25.0 Å². The van der Waals surface area contributed by atoms with E-state index < -0.39 is 0 Å². The zero-order chi connectivity index (χ0) is 19.3. The van der Waals surface area contributed by atoms with Gasteiger partial charge in [0.15, 0.2) is 0 Å². The Morgan fingerprint density at radius 2 is 1.59 bits per heavy atom. The van der Waals surface area contributed by atoms with Crippen molar-refractivity contribution in [3.63, 3.8) is 0 Å². The fourth-order valence-electron chi connectivity index (χ4n) is 5.62. The fourth-order valence-corrected chi connectivity index (χ4v) is 5.62. The van der Waals surface area contributed by atoms with Gasteiger partial charge in [0.1, 0.15) is 5.75 Å². The minimum absolute atomic E-state index is 0.0825. The summed E-state index contributed by atoms with van der Waals surface area (Å²) in [7, 11) is 0. The van der Waals surface area contributed by atoms with Gasteiger partial charge in [-0.2, -0.15) is 4.57 Å². The summed E-state index contributed by atoms with van der Waals surface area (Å²) in [4.78, 5) is 0. The van der Waals surface area contributed by atoms with E-state index in [1.54, 1.807) is 0 Å². The van der Waals surface area contributed by atoms with Crippen molar-refractivity contribution in [1.29, 1.82) is 0 Å². The SMILES string of the molecule is CC1(C)c2cc3ccccc3[n+]3c2-c2c(cc4c(ccc5ccccc54)c21)OC3. The van der Waals surface area contributed by atoms with Crippen LogP contribution in [0.15, 0.2) is 72.8 Å². The zero-order valence-corrected chi connectivity index (χ0v) is 16.5. The Morgan fingerprint density at radius 1 is 0.793 bits per heavy atom. The molecule has 0 unspecified atom stereocenters. The second-order valence-corrected chi connectivity index (χ2v) is 8.80. The maximum Gasteiger partial charge on any atom is 0.293 e. The Morgan fingerprint density at radius 3 is 2.48 bits per heavy atom. The maximum absolute atomic E-state index is 6.39. The van der Waals surface area contributed by atoms with Gasteiger partial charge in [0, 0.05) is 22.4 Å². The van der Waals surface area contributed by atoms with Crippen molar-refractivity contribution in [3.05, 3.63) is 83.9 Å². The lowest BCUT2D eigenvalue weighted by molar-refractivity contribution is -0.693. The zero-order valence-electron chi connectivity index (χ0n) is 16.5. The minimum Gasteiger partial charge on any atom is -0.435 e. The molecule has 0 saturated carbocycles. The lowest BCUT2D eigenvalue weighted by Gasteiger charge is -2.22. The molecule has 0 fully saturated rings. The molecule has 2 heteroatoms. The van der Waals surface area contributed by atoms with Gasteiger partial charge in [-0.1, -0.05) is 62.4 Å². The normalized spacial score (nSPS) is 15.7. The van der Waals surface area contributed by atoms with Gasteiger partial charge in [-0.15, -0.1) is 0 Å². The molecule has 0 amide bonds. The fraction of sp³-hybridized carbons (Fsp3) is 0.148. The molecule has 5 aromatic rings. The van der Waals surface area contributed by atoms with Gasteiger partial charge in [0.2, 0.25) is 11.2 Å². The van der Waals surface area contributed by atoms with Gasteiger partial charge in [0.05, 0.1) is 5.56 Å². The third-order valence-corrected chi connectivity index (χ3v) is 6.95. The van der Waals surface area contributed by atoms with Crippen molar-refractivity contribution in [3.8, 4) is 17.0 Å². The van der Waals surface area contributed by atoms with E-state index in [-0.39, 0.29) is 5.41 Å². The van der Waals surface area contributed by atoms with Crippen LogP contribution in [0.25, 0.3) is 43.7 Å². The first-order valence-corrected chi connectivity index (χ1v) is 10.2. The molecule has 1 aliphatic heterocycles. The van der Waals surface area contributed by atoms with Crippen LogP contribution in [0.2, 0.25) is 0 Å². The second-order valence-electron chi connectivity index (χ2n) is 8.80. The Kier molecular flexibility index (Phi) is 2.65. The molecule has 138 valence electrons. The van der Waals surface area contributed by atoms with Gasteiger partial charge in [-0.3, -0.25) is 0 Å². The van der Waals surface area contributed by atoms with Crippen LogP contribution >= 0.6 is 0 Å². The van der Waals surface area contributed by atoms with Crippen LogP contribution in [0.4, 0.5) is 0 Å². The van der Waals surface area contributed by atoms with E-state index >= 15 is 0 Å². The lowest BCUT2D eigenvalue weighted by Crippen LogP contribution is -2.42. The summed E-state index contributed by atoms with van der Waals surface area (Å²) < 4.78 is 8.74. The summed E-state index contributed by atoms with van der Waals surface area (Å²) in [6.45, 7) is 5.28.